The molecule has 0 radical (unpaired) electrons. The molecule has 2 aromatic carbocycles. The Labute approximate surface area is 172 Å². The van der Waals surface area contributed by atoms with E-state index >= 15 is 0 Å². The molecule has 0 saturated heterocycles. The van der Waals surface area contributed by atoms with Gasteiger partial charge in [-0.25, -0.2) is 0 Å². The predicted octanol–water partition coefficient (Wildman–Crippen LogP) is 3.31. The third kappa shape index (κ3) is 6.07. The molecule has 2 N–H and O–H groups in total. The van der Waals surface area contributed by atoms with E-state index in [0.717, 1.165) is 17.0 Å². The van der Waals surface area contributed by atoms with Gasteiger partial charge in [-0.3, -0.25) is 14.4 Å². The van der Waals surface area contributed by atoms with Crippen LogP contribution in [0.4, 0.5) is 18.9 Å². The molecule has 160 valence electrons. The first-order valence-corrected chi connectivity index (χ1v) is 9.24. The van der Waals surface area contributed by atoms with E-state index in [4.69, 9.17) is 0 Å². The SMILES string of the molecule is CCN(CC(=O)Nc1ccccc1C(F)(F)F)C(=O)C(C)NC(=O)c1ccccc1. The van der Waals surface area contributed by atoms with Crippen LogP contribution in [0.25, 0.3) is 0 Å². The summed E-state index contributed by atoms with van der Waals surface area (Å²) in [6.07, 6.45) is -4.62. The van der Waals surface area contributed by atoms with Gasteiger partial charge in [0.25, 0.3) is 5.91 Å². The zero-order valence-corrected chi connectivity index (χ0v) is 16.5. The van der Waals surface area contributed by atoms with Gasteiger partial charge in [-0.15, -0.1) is 0 Å². The summed E-state index contributed by atoms with van der Waals surface area (Å²) in [4.78, 5) is 38.2. The van der Waals surface area contributed by atoms with Crippen LogP contribution in [0.2, 0.25) is 0 Å². The minimum Gasteiger partial charge on any atom is -0.341 e. The van der Waals surface area contributed by atoms with Gasteiger partial charge in [-0.05, 0) is 38.1 Å². The summed E-state index contributed by atoms with van der Waals surface area (Å²) in [6.45, 7) is 2.79. The Kier molecular flexibility index (Phi) is 7.57. The standard InChI is InChI=1S/C21H22F3N3O3/c1-3-27(20(30)14(2)25-19(29)15-9-5-4-6-10-15)13-18(28)26-17-12-8-7-11-16(17)21(22,23)24/h4-12,14H,3,13H2,1-2H3,(H,25,29)(H,26,28). The fourth-order valence-corrected chi connectivity index (χ4v) is 2.75. The maximum Gasteiger partial charge on any atom is 0.418 e. The number of para-hydroxylation sites is 1. The Morgan fingerprint density at radius 2 is 1.60 bits per heavy atom. The summed E-state index contributed by atoms with van der Waals surface area (Å²) >= 11 is 0. The van der Waals surface area contributed by atoms with Crippen LogP contribution in [0.1, 0.15) is 29.8 Å². The number of nitrogens with zero attached hydrogens (tertiary/aromatic N) is 1. The second kappa shape index (κ2) is 9.91. The van der Waals surface area contributed by atoms with E-state index < -0.39 is 42.0 Å². The number of benzene rings is 2. The third-order valence-corrected chi connectivity index (χ3v) is 4.29. The molecule has 0 bridgehead atoms. The lowest BCUT2D eigenvalue weighted by molar-refractivity contribution is -0.137. The number of carbonyl (C=O) groups is 3. The summed E-state index contributed by atoms with van der Waals surface area (Å²) in [7, 11) is 0. The Morgan fingerprint density at radius 3 is 2.20 bits per heavy atom. The molecule has 6 nitrogen and oxygen atoms in total. The van der Waals surface area contributed by atoms with Gasteiger partial charge in [0, 0.05) is 12.1 Å². The van der Waals surface area contributed by atoms with Gasteiger partial charge in [0.2, 0.25) is 11.8 Å². The van der Waals surface area contributed by atoms with Gasteiger partial charge in [0.15, 0.2) is 0 Å². The maximum absolute atomic E-state index is 13.1. The number of carbonyl (C=O) groups excluding carboxylic acids is 3. The minimum atomic E-state index is -4.62. The van der Waals surface area contributed by atoms with Crippen LogP contribution < -0.4 is 10.6 Å². The molecule has 9 heteroatoms. The topological polar surface area (TPSA) is 78.5 Å². The highest BCUT2D eigenvalue weighted by atomic mass is 19.4. The molecular formula is C21H22F3N3O3. The number of rotatable bonds is 7. The molecule has 2 rings (SSSR count). The monoisotopic (exact) mass is 421 g/mol. The van der Waals surface area contributed by atoms with Crippen molar-refractivity contribution in [2.75, 3.05) is 18.4 Å². The van der Waals surface area contributed by atoms with Crippen molar-refractivity contribution in [1.29, 1.82) is 0 Å². The largest absolute Gasteiger partial charge is 0.418 e. The molecule has 1 unspecified atom stereocenters. The lowest BCUT2D eigenvalue weighted by atomic mass is 10.1. The number of hydrogen-bond donors (Lipinski definition) is 2. The molecule has 0 heterocycles. The van der Waals surface area contributed by atoms with Crippen LogP contribution in [0.3, 0.4) is 0 Å². The van der Waals surface area contributed by atoms with Gasteiger partial charge in [-0.2, -0.15) is 13.2 Å². The van der Waals surface area contributed by atoms with Crippen molar-refractivity contribution in [1.82, 2.24) is 10.2 Å². The molecule has 1 atom stereocenters. The van der Waals surface area contributed by atoms with Gasteiger partial charge < -0.3 is 15.5 Å². The quantitative estimate of drug-likeness (QED) is 0.720. The summed E-state index contributed by atoms with van der Waals surface area (Å²) < 4.78 is 39.2. The fourth-order valence-electron chi connectivity index (χ4n) is 2.75. The fraction of sp³-hybridized carbons (Fsp3) is 0.286. The van der Waals surface area contributed by atoms with Crippen molar-refractivity contribution >= 4 is 23.4 Å². The summed E-state index contributed by atoms with van der Waals surface area (Å²) in [5.41, 5.74) is -0.984. The molecule has 0 aliphatic carbocycles. The predicted molar refractivity (Wildman–Crippen MR) is 106 cm³/mol. The summed E-state index contributed by atoms with van der Waals surface area (Å²) in [6, 6.07) is 12.0. The first-order valence-electron chi connectivity index (χ1n) is 9.24. The lowest BCUT2D eigenvalue weighted by Gasteiger charge is -2.25. The van der Waals surface area contributed by atoms with Crippen LogP contribution in [0, 0.1) is 0 Å². The third-order valence-electron chi connectivity index (χ3n) is 4.29. The molecule has 0 spiro atoms. The molecule has 0 aromatic heterocycles. The maximum atomic E-state index is 13.1. The summed E-state index contributed by atoms with van der Waals surface area (Å²) in [5.74, 6) is -1.75. The van der Waals surface area contributed by atoms with Crippen molar-refractivity contribution in [2.45, 2.75) is 26.1 Å². The van der Waals surface area contributed by atoms with Crippen LogP contribution in [0.15, 0.2) is 54.6 Å². The van der Waals surface area contributed by atoms with E-state index in [1.165, 1.54) is 19.1 Å². The molecule has 0 aliphatic heterocycles. The Morgan fingerprint density at radius 1 is 1.00 bits per heavy atom. The molecule has 30 heavy (non-hydrogen) atoms. The average molecular weight is 421 g/mol. The highest BCUT2D eigenvalue weighted by Gasteiger charge is 2.33. The Bertz CT molecular complexity index is 901. The van der Waals surface area contributed by atoms with E-state index in [9.17, 15) is 27.6 Å². The number of likely N-dealkylation sites (N-methyl/N-ethyl adjacent to an activating group) is 1. The van der Waals surface area contributed by atoms with Crippen molar-refractivity contribution < 1.29 is 27.6 Å². The highest BCUT2D eigenvalue weighted by molar-refractivity contribution is 5.99. The molecule has 3 amide bonds. The number of anilines is 1. The second-order valence-corrected chi connectivity index (χ2v) is 6.51. The number of alkyl halides is 3. The number of hydrogen-bond acceptors (Lipinski definition) is 3. The molecular weight excluding hydrogens is 399 g/mol. The Hall–Kier alpha value is -3.36. The molecule has 0 fully saturated rings. The molecule has 0 saturated carbocycles. The van der Waals surface area contributed by atoms with Crippen molar-refractivity contribution in [3.8, 4) is 0 Å². The smallest absolute Gasteiger partial charge is 0.341 e. The van der Waals surface area contributed by atoms with Crippen molar-refractivity contribution in [3.05, 3.63) is 65.7 Å². The van der Waals surface area contributed by atoms with E-state index in [0.29, 0.717) is 5.56 Å². The second-order valence-electron chi connectivity index (χ2n) is 6.51. The number of halogens is 3. The van der Waals surface area contributed by atoms with Gasteiger partial charge in [0.05, 0.1) is 17.8 Å². The summed E-state index contributed by atoms with van der Waals surface area (Å²) in [5, 5.41) is 4.75. The van der Waals surface area contributed by atoms with Crippen LogP contribution in [-0.2, 0) is 15.8 Å². The zero-order chi connectivity index (χ0) is 22.3. The normalized spacial score (nSPS) is 12.0. The van der Waals surface area contributed by atoms with E-state index in [1.54, 1.807) is 37.3 Å². The zero-order valence-electron chi connectivity index (χ0n) is 16.5. The van der Waals surface area contributed by atoms with Crippen molar-refractivity contribution in [3.63, 3.8) is 0 Å². The van der Waals surface area contributed by atoms with Crippen LogP contribution in [-0.4, -0.2) is 41.8 Å². The van der Waals surface area contributed by atoms with E-state index in [2.05, 4.69) is 10.6 Å². The van der Waals surface area contributed by atoms with Gasteiger partial charge in [-0.1, -0.05) is 30.3 Å². The number of amides is 3. The van der Waals surface area contributed by atoms with E-state index in [1.807, 2.05) is 0 Å². The Balaban J connectivity index is 2.01. The average Bonchev–Trinajstić information content (AvgIpc) is 2.71. The van der Waals surface area contributed by atoms with Crippen molar-refractivity contribution in [2.24, 2.45) is 0 Å². The van der Waals surface area contributed by atoms with E-state index in [-0.39, 0.29) is 12.2 Å². The lowest BCUT2D eigenvalue weighted by Crippen LogP contribution is -2.49. The number of nitrogens with one attached hydrogen (secondary N) is 2. The molecule has 2 aromatic rings. The molecule has 0 aliphatic rings. The van der Waals surface area contributed by atoms with Crippen LogP contribution in [0.5, 0.6) is 0 Å². The van der Waals surface area contributed by atoms with Crippen LogP contribution >= 0.6 is 0 Å². The first-order chi connectivity index (χ1) is 14.1. The van der Waals surface area contributed by atoms with Gasteiger partial charge >= 0.3 is 6.18 Å². The first kappa shape index (κ1) is 22.9. The van der Waals surface area contributed by atoms with Gasteiger partial charge in [0.1, 0.15) is 6.04 Å². The highest BCUT2D eigenvalue weighted by Crippen LogP contribution is 2.34. The minimum absolute atomic E-state index is 0.138.